The molecule has 0 aromatic carbocycles. The molecular weight excluding hydrogens is 572 g/mol. The molecule has 2 aliphatic heterocycles. The molecule has 3 aromatic rings. The summed E-state index contributed by atoms with van der Waals surface area (Å²) < 4.78 is 6.59. The third kappa shape index (κ3) is 3.85. The molecule has 0 aliphatic carbocycles. The monoisotopic (exact) mass is 599 g/mol. The Labute approximate surface area is 214 Å². The van der Waals surface area contributed by atoms with Crippen molar-refractivity contribution in [2.24, 2.45) is 5.41 Å². The summed E-state index contributed by atoms with van der Waals surface area (Å²) in [5, 5.41) is 5.30. The van der Waals surface area contributed by atoms with E-state index in [1.165, 1.54) is 13.1 Å². The molecule has 5 rings (SSSR count). The van der Waals surface area contributed by atoms with Gasteiger partial charge in [0.1, 0.15) is 0 Å². The summed E-state index contributed by atoms with van der Waals surface area (Å²) in [7, 11) is 0. The second-order valence-corrected chi connectivity index (χ2v) is 16.5. The zero-order chi connectivity index (χ0) is 25.2. The number of nitrogens with two attached hydrogens (primary N) is 1. The minimum absolute atomic E-state index is 0.0842. The summed E-state index contributed by atoms with van der Waals surface area (Å²) in [4.78, 5) is 39.1. The Morgan fingerprint density at radius 1 is 1.34 bits per heavy atom. The van der Waals surface area contributed by atoms with Crippen LogP contribution in [0.25, 0.3) is 5.52 Å². The second kappa shape index (κ2) is 8.41. The number of anilines is 2. The SMILES string of the molecule is CC(=O)c1cnc(N)nc1N1CC(C)(C)[C@H]1c1nn2ccc(Cl)c2c(=O)n1[C]1=[Sn]([CH3])[CH]=CC(C)=C1. The Kier molecular flexibility index (Phi) is 5.75. The van der Waals surface area contributed by atoms with Crippen LogP contribution < -0.4 is 16.2 Å². The number of ketones is 1. The molecule has 11 heteroatoms. The fourth-order valence-corrected chi connectivity index (χ4v) is 9.98. The van der Waals surface area contributed by atoms with Gasteiger partial charge in [-0.15, -0.1) is 0 Å². The molecule has 5 heterocycles. The first-order chi connectivity index (χ1) is 16.5. The summed E-state index contributed by atoms with van der Waals surface area (Å²) in [6.07, 6.45) is 7.38. The minimum atomic E-state index is -2.25. The molecule has 0 saturated carbocycles. The van der Waals surface area contributed by atoms with Crippen LogP contribution in [0.5, 0.6) is 0 Å². The molecule has 0 unspecified atom stereocenters. The number of fused-ring (bicyclic) bond motifs is 1. The Hall–Kier alpha value is -2.79. The number of carbonyl (C=O) groups is 1. The van der Waals surface area contributed by atoms with Crippen molar-refractivity contribution in [3.8, 4) is 0 Å². The van der Waals surface area contributed by atoms with Crippen molar-refractivity contribution in [3.63, 3.8) is 0 Å². The van der Waals surface area contributed by atoms with Gasteiger partial charge in [0, 0.05) is 0 Å². The molecule has 2 N–H and O–H groups in total. The van der Waals surface area contributed by atoms with Gasteiger partial charge in [-0.3, -0.25) is 0 Å². The summed E-state index contributed by atoms with van der Waals surface area (Å²) in [6, 6.07) is 1.34. The number of carbonyl (C=O) groups excluding carboxylic acids is 1. The summed E-state index contributed by atoms with van der Waals surface area (Å²) in [6.45, 7) is 8.35. The molecule has 2 aliphatic rings. The normalized spacial score (nSPS) is 19.2. The Bertz CT molecular complexity index is 1560. The number of aromatic nitrogens is 5. The molecular formula is C24H26ClN7O2Sn. The van der Waals surface area contributed by atoms with Gasteiger partial charge >= 0.3 is 215 Å². The molecule has 0 spiro atoms. The molecule has 0 bridgehead atoms. The van der Waals surface area contributed by atoms with Crippen LogP contribution >= 0.6 is 11.6 Å². The van der Waals surface area contributed by atoms with Crippen molar-refractivity contribution >= 4 is 57.6 Å². The summed E-state index contributed by atoms with van der Waals surface area (Å²) >= 11 is 4.16. The van der Waals surface area contributed by atoms with Crippen LogP contribution in [0.2, 0.25) is 9.96 Å². The van der Waals surface area contributed by atoms with E-state index in [0.717, 1.165) is 9.22 Å². The second-order valence-electron chi connectivity index (χ2n) is 9.79. The predicted octanol–water partition coefficient (Wildman–Crippen LogP) is 3.05. The van der Waals surface area contributed by atoms with E-state index in [2.05, 4.69) is 45.0 Å². The van der Waals surface area contributed by atoms with E-state index in [0.29, 0.717) is 34.3 Å². The average molecular weight is 599 g/mol. The first-order valence-corrected chi connectivity index (χ1v) is 17.6. The van der Waals surface area contributed by atoms with Crippen molar-refractivity contribution in [1.82, 2.24) is 24.1 Å². The van der Waals surface area contributed by atoms with E-state index in [1.807, 2.05) is 11.8 Å². The van der Waals surface area contributed by atoms with E-state index < -0.39 is 19.3 Å². The van der Waals surface area contributed by atoms with Crippen molar-refractivity contribution in [1.29, 1.82) is 0 Å². The molecule has 0 radical (unpaired) electrons. The topological polar surface area (TPSA) is 111 Å². The van der Waals surface area contributed by atoms with Gasteiger partial charge in [0.05, 0.1) is 0 Å². The van der Waals surface area contributed by atoms with Crippen molar-refractivity contribution in [2.75, 3.05) is 17.2 Å². The number of nitrogen functional groups attached to an aromatic ring is 1. The van der Waals surface area contributed by atoms with Gasteiger partial charge in [0.2, 0.25) is 0 Å². The molecule has 35 heavy (non-hydrogen) atoms. The zero-order valence-corrected chi connectivity index (χ0v) is 23.8. The Balaban J connectivity index is 1.81. The van der Waals surface area contributed by atoms with Gasteiger partial charge in [0.25, 0.3) is 0 Å². The van der Waals surface area contributed by atoms with E-state index in [4.69, 9.17) is 22.4 Å². The number of hydrogen-bond acceptors (Lipinski definition) is 7. The predicted molar refractivity (Wildman–Crippen MR) is 140 cm³/mol. The Morgan fingerprint density at radius 3 is 2.77 bits per heavy atom. The number of nitrogens with zero attached hydrogens (tertiary/aromatic N) is 6. The number of allylic oxidation sites excluding steroid dienone is 3. The van der Waals surface area contributed by atoms with E-state index in [1.54, 1.807) is 21.3 Å². The fourth-order valence-electron chi connectivity index (χ4n) is 4.88. The van der Waals surface area contributed by atoms with Gasteiger partial charge in [-0.05, 0) is 0 Å². The van der Waals surface area contributed by atoms with Crippen LogP contribution in [0, 0.1) is 5.41 Å². The van der Waals surface area contributed by atoms with Gasteiger partial charge in [-0.25, -0.2) is 0 Å². The number of rotatable bonds is 4. The molecule has 1 saturated heterocycles. The van der Waals surface area contributed by atoms with Crippen LogP contribution in [0.1, 0.15) is 49.9 Å². The van der Waals surface area contributed by atoms with E-state index in [-0.39, 0.29) is 28.7 Å². The van der Waals surface area contributed by atoms with Crippen LogP contribution in [-0.2, 0) is 0 Å². The third-order valence-electron chi connectivity index (χ3n) is 6.58. The van der Waals surface area contributed by atoms with Crippen LogP contribution in [0.3, 0.4) is 0 Å². The molecule has 180 valence electrons. The summed E-state index contributed by atoms with van der Waals surface area (Å²) in [5.41, 5.74) is 7.27. The van der Waals surface area contributed by atoms with Crippen LogP contribution in [0.4, 0.5) is 11.8 Å². The molecule has 1 fully saturated rings. The maximum atomic E-state index is 14.0. The van der Waals surface area contributed by atoms with Gasteiger partial charge in [-0.2, -0.15) is 0 Å². The van der Waals surface area contributed by atoms with Crippen molar-refractivity contribution < 1.29 is 4.79 Å². The van der Waals surface area contributed by atoms with Gasteiger partial charge in [0.15, 0.2) is 0 Å². The standard InChI is InChI=1S/C23H23ClN7O2.CH3.Sn/c1-6-13(2)7-9-29-20(28-31-10-8-16(24)17(31)21(29)33)18-23(4,5)12-30(18)19-15(14(3)32)11-26-22(25)27-19;;/h1,6-8,10-11,18H,12H2,2-5H3,(H2,25,26,27);1H3;/t18-;;/m1../s1. The first kappa shape index (κ1) is 23.9. The van der Waals surface area contributed by atoms with Gasteiger partial charge in [-0.1, -0.05) is 0 Å². The molecule has 1 atom stereocenters. The average Bonchev–Trinajstić information content (AvgIpc) is 3.15. The molecule has 3 aromatic heterocycles. The van der Waals surface area contributed by atoms with E-state index in [9.17, 15) is 9.59 Å². The number of Topliss-reactive ketones (excluding diaryl/α,β-unsaturated/α-hetero) is 1. The van der Waals surface area contributed by atoms with Crippen LogP contribution in [0.15, 0.2) is 45.1 Å². The third-order valence-corrected chi connectivity index (χ3v) is 12.1. The number of halogens is 1. The number of hydrogen-bond donors (Lipinski definition) is 1. The zero-order valence-electron chi connectivity index (χ0n) is 20.2. The van der Waals surface area contributed by atoms with Gasteiger partial charge < -0.3 is 0 Å². The molecule has 9 nitrogen and oxygen atoms in total. The first-order valence-electron chi connectivity index (χ1n) is 11.3. The summed E-state index contributed by atoms with van der Waals surface area (Å²) in [5.74, 6) is 0.972. The fraction of sp³-hybridized carbons (Fsp3) is 0.333. The Morgan fingerprint density at radius 2 is 2.09 bits per heavy atom. The molecule has 0 amide bonds. The van der Waals surface area contributed by atoms with Crippen LogP contribution in [-0.4, -0.2) is 59.4 Å². The van der Waals surface area contributed by atoms with Crippen molar-refractivity contribution in [3.05, 3.63) is 67.0 Å². The quantitative estimate of drug-likeness (QED) is 0.363. The van der Waals surface area contributed by atoms with E-state index >= 15 is 0 Å². The van der Waals surface area contributed by atoms with Crippen molar-refractivity contribution in [2.45, 2.75) is 38.7 Å². The maximum absolute atomic E-state index is 14.0.